The zero-order valence-electron chi connectivity index (χ0n) is 18.4. The van der Waals surface area contributed by atoms with Crippen molar-refractivity contribution in [3.63, 3.8) is 0 Å². The SMILES string of the molecule is CC(C)(C)OC(=O)N1O[C@@H](CCCCCCCCc2cccnc2)[C@H]2CCC[C@H]21. The van der Waals surface area contributed by atoms with Gasteiger partial charge in [-0.2, -0.15) is 5.06 Å². The zero-order valence-corrected chi connectivity index (χ0v) is 18.4. The molecule has 1 aliphatic heterocycles. The Labute approximate surface area is 176 Å². The van der Waals surface area contributed by atoms with E-state index in [4.69, 9.17) is 9.57 Å². The van der Waals surface area contributed by atoms with Gasteiger partial charge in [-0.25, -0.2) is 4.79 Å². The number of amides is 1. The number of aryl methyl sites for hydroxylation is 1. The third kappa shape index (κ3) is 6.70. The van der Waals surface area contributed by atoms with E-state index < -0.39 is 5.60 Å². The monoisotopic (exact) mass is 402 g/mol. The second-order valence-corrected chi connectivity index (χ2v) is 9.63. The van der Waals surface area contributed by atoms with Crippen LogP contribution in [-0.2, 0) is 16.0 Å². The van der Waals surface area contributed by atoms with Gasteiger partial charge in [0.05, 0.1) is 12.1 Å². The molecule has 0 spiro atoms. The van der Waals surface area contributed by atoms with Crippen molar-refractivity contribution < 1.29 is 14.4 Å². The van der Waals surface area contributed by atoms with Gasteiger partial charge in [0.2, 0.25) is 0 Å². The van der Waals surface area contributed by atoms with Crippen LogP contribution in [0.5, 0.6) is 0 Å². The average Bonchev–Trinajstić information content (AvgIpc) is 3.26. The highest BCUT2D eigenvalue weighted by Crippen LogP contribution is 2.42. The fourth-order valence-electron chi connectivity index (χ4n) is 4.68. The first-order chi connectivity index (χ1) is 13.9. The largest absolute Gasteiger partial charge is 0.442 e. The van der Waals surface area contributed by atoms with Gasteiger partial charge >= 0.3 is 6.09 Å². The van der Waals surface area contributed by atoms with Gasteiger partial charge in [-0.05, 0) is 64.5 Å². The Hall–Kier alpha value is -1.62. The standard InChI is InChI=1S/C24H38N2O3/c1-24(2,3)28-23(27)26-21-15-10-14-20(21)22(29-26)16-9-7-5-4-6-8-12-19-13-11-17-25-18-19/h11,13,17-18,20-22H,4-10,12,14-16H2,1-3H3/t20-,21+,22-/m0/s1. The number of unbranched alkanes of at least 4 members (excludes halogenated alkanes) is 5. The Morgan fingerprint density at radius 3 is 2.66 bits per heavy atom. The van der Waals surface area contributed by atoms with Crippen molar-refractivity contribution in [3.05, 3.63) is 30.1 Å². The molecule has 2 fully saturated rings. The second-order valence-electron chi connectivity index (χ2n) is 9.63. The molecule has 5 heteroatoms. The minimum atomic E-state index is -0.482. The lowest BCUT2D eigenvalue weighted by Crippen LogP contribution is -2.39. The van der Waals surface area contributed by atoms with Crippen molar-refractivity contribution in [1.29, 1.82) is 0 Å². The summed E-state index contributed by atoms with van der Waals surface area (Å²) >= 11 is 0. The molecule has 0 unspecified atom stereocenters. The summed E-state index contributed by atoms with van der Waals surface area (Å²) in [6, 6.07) is 4.38. The van der Waals surface area contributed by atoms with Crippen LogP contribution in [0, 0.1) is 5.92 Å². The van der Waals surface area contributed by atoms with E-state index in [9.17, 15) is 4.79 Å². The summed E-state index contributed by atoms with van der Waals surface area (Å²) in [5.41, 5.74) is 0.857. The summed E-state index contributed by atoms with van der Waals surface area (Å²) in [7, 11) is 0. The molecule has 1 saturated heterocycles. The zero-order chi connectivity index (χ0) is 20.7. The number of nitrogens with zero attached hydrogens (tertiary/aromatic N) is 2. The van der Waals surface area contributed by atoms with E-state index in [1.54, 1.807) is 5.06 Å². The topological polar surface area (TPSA) is 51.7 Å². The van der Waals surface area contributed by atoms with Crippen LogP contribution in [0.2, 0.25) is 0 Å². The molecule has 0 aromatic carbocycles. The molecule has 5 nitrogen and oxygen atoms in total. The molecule has 1 aromatic heterocycles. The minimum absolute atomic E-state index is 0.181. The van der Waals surface area contributed by atoms with Crippen LogP contribution in [0.15, 0.2) is 24.5 Å². The fourth-order valence-corrected chi connectivity index (χ4v) is 4.68. The fraction of sp³-hybridized carbons (Fsp3) is 0.750. The number of ether oxygens (including phenoxy) is 1. The summed E-state index contributed by atoms with van der Waals surface area (Å²) in [4.78, 5) is 22.8. The van der Waals surface area contributed by atoms with Gasteiger partial charge in [-0.3, -0.25) is 9.82 Å². The number of aromatic nitrogens is 1. The molecule has 2 aliphatic rings. The molecule has 0 radical (unpaired) electrons. The smallest absolute Gasteiger partial charge is 0.434 e. The number of carbonyl (C=O) groups is 1. The number of pyridine rings is 1. The first-order valence-corrected chi connectivity index (χ1v) is 11.5. The summed E-state index contributed by atoms with van der Waals surface area (Å²) < 4.78 is 5.55. The molecule has 3 atom stereocenters. The molecule has 3 rings (SSSR count). The molecule has 29 heavy (non-hydrogen) atoms. The van der Waals surface area contributed by atoms with Crippen molar-refractivity contribution >= 4 is 6.09 Å². The van der Waals surface area contributed by atoms with Gasteiger partial charge in [-0.1, -0.05) is 44.6 Å². The highest BCUT2D eigenvalue weighted by Gasteiger charge is 2.48. The van der Waals surface area contributed by atoms with Gasteiger partial charge in [0.25, 0.3) is 0 Å². The summed E-state index contributed by atoms with van der Waals surface area (Å²) in [6.45, 7) is 5.71. The van der Waals surface area contributed by atoms with Crippen LogP contribution < -0.4 is 0 Å². The Morgan fingerprint density at radius 1 is 1.17 bits per heavy atom. The predicted octanol–water partition coefficient (Wildman–Crippen LogP) is 6.07. The van der Waals surface area contributed by atoms with E-state index in [1.807, 2.05) is 39.2 Å². The van der Waals surface area contributed by atoms with E-state index in [0.717, 1.165) is 19.3 Å². The van der Waals surface area contributed by atoms with E-state index >= 15 is 0 Å². The first-order valence-electron chi connectivity index (χ1n) is 11.5. The van der Waals surface area contributed by atoms with Crippen molar-refractivity contribution in [2.24, 2.45) is 5.92 Å². The van der Waals surface area contributed by atoms with Gasteiger partial charge < -0.3 is 4.74 Å². The molecule has 0 bridgehead atoms. The molecular formula is C24H38N2O3. The van der Waals surface area contributed by atoms with Crippen LogP contribution in [-0.4, -0.2) is 33.9 Å². The van der Waals surface area contributed by atoms with E-state index in [2.05, 4.69) is 11.1 Å². The number of carbonyl (C=O) groups excluding carboxylic acids is 1. The number of hydrogen-bond acceptors (Lipinski definition) is 4. The third-order valence-electron chi connectivity index (χ3n) is 6.06. The third-order valence-corrected chi connectivity index (χ3v) is 6.06. The highest BCUT2D eigenvalue weighted by molar-refractivity contribution is 5.67. The Kier molecular flexibility index (Phi) is 7.93. The predicted molar refractivity (Wildman–Crippen MR) is 114 cm³/mol. The van der Waals surface area contributed by atoms with Crippen molar-refractivity contribution in [3.8, 4) is 0 Å². The lowest BCUT2D eigenvalue weighted by molar-refractivity contribution is -0.154. The van der Waals surface area contributed by atoms with Crippen LogP contribution >= 0.6 is 0 Å². The Bertz CT molecular complexity index is 629. The molecule has 1 aromatic rings. The van der Waals surface area contributed by atoms with Crippen LogP contribution in [0.3, 0.4) is 0 Å². The van der Waals surface area contributed by atoms with Gasteiger partial charge in [-0.15, -0.1) is 0 Å². The highest BCUT2D eigenvalue weighted by atomic mass is 16.7. The molecule has 1 aliphatic carbocycles. The summed E-state index contributed by atoms with van der Waals surface area (Å²) in [5, 5.41) is 1.56. The first kappa shape index (κ1) is 22.1. The van der Waals surface area contributed by atoms with Crippen LogP contribution in [0.4, 0.5) is 4.79 Å². The Balaban J connectivity index is 1.31. The van der Waals surface area contributed by atoms with Crippen LogP contribution in [0.1, 0.15) is 90.5 Å². The van der Waals surface area contributed by atoms with E-state index in [1.165, 1.54) is 56.9 Å². The molecule has 1 amide bonds. The lowest BCUT2D eigenvalue weighted by atomic mass is 9.93. The van der Waals surface area contributed by atoms with Crippen molar-refractivity contribution in [2.75, 3.05) is 0 Å². The van der Waals surface area contributed by atoms with Gasteiger partial charge in [0.15, 0.2) is 0 Å². The number of fused-ring (bicyclic) bond motifs is 1. The molecule has 2 heterocycles. The minimum Gasteiger partial charge on any atom is -0.442 e. The molecule has 0 N–H and O–H groups in total. The number of hydrogen-bond donors (Lipinski definition) is 0. The van der Waals surface area contributed by atoms with E-state index in [0.29, 0.717) is 5.92 Å². The quantitative estimate of drug-likeness (QED) is 0.470. The van der Waals surface area contributed by atoms with Gasteiger partial charge in [0.1, 0.15) is 5.60 Å². The number of hydroxylamine groups is 2. The number of rotatable bonds is 9. The van der Waals surface area contributed by atoms with Crippen molar-refractivity contribution in [1.82, 2.24) is 10.0 Å². The summed E-state index contributed by atoms with van der Waals surface area (Å²) in [5.74, 6) is 0.488. The van der Waals surface area contributed by atoms with Crippen molar-refractivity contribution in [2.45, 2.75) is 109 Å². The molecule has 162 valence electrons. The second kappa shape index (κ2) is 10.4. The van der Waals surface area contributed by atoms with Crippen LogP contribution in [0.25, 0.3) is 0 Å². The average molecular weight is 403 g/mol. The Morgan fingerprint density at radius 2 is 1.93 bits per heavy atom. The lowest BCUT2D eigenvalue weighted by Gasteiger charge is -2.26. The maximum atomic E-state index is 12.5. The van der Waals surface area contributed by atoms with Gasteiger partial charge in [0, 0.05) is 18.3 Å². The molecular weight excluding hydrogens is 364 g/mol. The maximum Gasteiger partial charge on any atom is 0.434 e. The molecule has 1 saturated carbocycles. The maximum absolute atomic E-state index is 12.5. The van der Waals surface area contributed by atoms with E-state index in [-0.39, 0.29) is 18.2 Å². The summed E-state index contributed by atoms with van der Waals surface area (Å²) in [6.07, 6.45) is 16.8. The normalized spacial score (nSPS) is 24.0.